The van der Waals surface area contributed by atoms with Gasteiger partial charge in [-0.05, 0) is 42.8 Å². The smallest absolute Gasteiger partial charge is 0.276 e. The number of carbonyl (C=O) groups is 1. The molecule has 1 amide bonds. The third-order valence-corrected chi connectivity index (χ3v) is 3.41. The summed E-state index contributed by atoms with van der Waals surface area (Å²) >= 11 is 0. The van der Waals surface area contributed by atoms with E-state index in [0.717, 1.165) is 18.5 Å². The van der Waals surface area contributed by atoms with Crippen molar-refractivity contribution in [3.8, 4) is 11.6 Å². The average Bonchev–Trinajstić information content (AvgIpc) is 3.08. The summed E-state index contributed by atoms with van der Waals surface area (Å²) in [4.78, 5) is 16.3. The number of carbonyl (C=O) groups excluding carboxylic acids is 1. The molecule has 0 fully saturated rings. The van der Waals surface area contributed by atoms with Gasteiger partial charge >= 0.3 is 0 Å². The van der Waals surface area contributed by atoms with E-state index in [4.69, 9.17) is 4.74 Å². The van der Waals surface area contributed by atoms with Gasteiger partial charge in [0.1, 0.15) is 11.6 Å². The van der Waals surface area contributed by atoms with Gasteiger partial charge in [-0.1, -0.05) is 13.3 Å². The Balaban J connectivity index is 1.61. The number of rotatable bonds is 6. The van der Waals surface area contributed by atoms with Gasteiger partial charge in [-0.2, -0.15) is 5.10 Å². The fourth-order valence-corrected chi connectivity index (χ4v) is 2.21. The monoisotopic (exact) mass is 340 g/mol. The standard InChI is InChI=1S/C18H17FN4O2/c1-2-3-13-10-16(23-22-13)18(24)21-14-6-9-17(20-11-14)25-15-7-4-12(19)5-8-15/h4-11H,2-3H2,1H3,(H,21,24)(H,22,23). The van der Waals surface area contributed by atoms with Crippen molar-refractivity contribution in [3.05, 3.63) is 65.9 Å². The van der Waals surface area contributed by atoms with Crippen molar-refractivity contribution in [2.75, 3.05) is 5.32 Å². The summed E-state index contributed by atoms with van der Waals surface area (Å²) < 4.78 is 18.4. The van der Waals surface area contributed by atoms with Crippen LogP contribution in [-0.2, 0) is 6.42 Å². The molecule has 1 aromatic carbocycles. The number of pyridine rings is 1. The maximum Gasteiger partial charge on any atom is 0.276 e. The van der Waals surface area contributed by atoms with E-state index in [9.17, 15) is 9.18 Å². The first-order chi connectivity index (χ1) is 12.1. The molecule has 25 heavy (non-hydrogen) atoms. The largest absolute Gasteiger partial charge is 0.439 e. The number of aromatic amines is 1. The van der Waals surface area contributed by atoms with Crippen LogP contribution in [0.2, 0.25) is 0 Å². The molecule has 0 unspecified atom stereocenters. The highest BCUT2D eigenvalue weighted by atomic mass is 19.1. The maximum absolute atomic E-state index is 12.9. The van der Waals surface area contributed by atoms with E-state index in [1.165, 1.54) is 30.5 Å². The Labute approximate surface area is 144 Å². The van der Waals surface area contributed by atoms with Crippen LogP contribution in [0.3, 0.4) is 0 Å². The van der Waals surface area contributed by atoms with Crippen LogP contribution in [0.1, 0.15) is 29.5 Å². The first-order valence-corrected chi connectivity index (χ1v) is 7.89. The summed E-state index contributed by atoms with van der Waals surface area (Å²) in [5.41, 5.74) is 1.78. The number of amides is 1. The second-order valence-electron chi connectivity index (χ2n) is 5.42. The van der Waals surface area contributed by atoms with Crippen LogP contribution in [0.5, 0.6) is 11.6 Å². The van der Waals surface area contributed by atoms with Crippen LogP contribution in [-0.4, -0.2) is 21.1 Å². The van der Waals surface area contributed by atoms with Gasteiger partial charge in [0.15, 0.2) is 5.69 Å². The highest BCUT2D eigenvalue weighted by Crippen LogP contribution is 2.20. The molecule has 0 saturated heterocycles. The van der Waals surface area contributed by atoms with Crippen molar-refractivity contribution in [2.24, 2.45) is 0 Å². The summed E-state index contributed by atoms with van der Waals surface area (Å²) in [6, 6.07) is 10.7. The van der Waals surface area contributed by atoms with Gasteiger partial charge in [-0.3, -0.25) is 9.89 Å². The topological polar surface area (TPSA) is 79.9 Å². The minimum Gasteiger partial charge on any atom is -0.439 e. The molecule has 3 aromatic rings. The van der Waals surface area contributed by atoms with Crippen molar-refractivity contribution in [2.45, 2.75) is 19.8 Å². The average molecular weight is 340 g/mol. The molecule has 0 atom stereocenters. The van der Waals surface area contributed by atoms with Crippen LogP contribution in [0.25, 0.3) is 0 Å². The third-order valence-electron chi connectivity index (χ3n) is 3.41. The molecule has 6 nitrogen and oxygen atoms in total. The number of benzene rings is 1. The predicted octanol–water partition coefficient (Wildman–Crippen LogP) is 3.94. The number of hydrogen-bond donors (Lipinski definition) is 2. The Bertz CT molecular complexity index is 844. The molecular formula is C18H17FN4O2. The zero-order valence-electron chi connectivity index (χ0n) is 13.6. The summed E-state index contributed by atoms with van der Waals surface area (Å²) in [6.07, 6.45) is 3.30. The lowest BCUT2D eigenvalue weighted by molar-refractivity contribution is 0.102. The Kier molecular flexibility index (Phi) is 5.03. The van der Waals surface area contributed by atoms with Gasteiger partial charge < -0.3 is 10.1 Å². The maximum atomic E-state index is 12.9. The molecule has 2 N–H and O–H groups in total. The van der Waals surface area contributed by atoms with Crippen LogP contribution in [0, 0.1) is 5.82 Å². The van der Waals surface area contributed by atoms with Gasteiger partial charge in [0.05, 0.1) is 11.9 Å². The van der Waals surface area contributed by atoms with E-state index in [-0.39, 0.29) is 11.7 Å². The number of anilines is 1. The van der Waals surface area contributed by atoms with Gasteiger partial charge in [0, 0.05) is 11.8 Å². The van der Waals surface area contributed by atoms with Gasteiger partial charge in [-0.15, -0.1) is 0 Å². The van der Waals surface area contributed by atoms with E-state index in [0.29, 0.717) is 23.0 Å². The van der Waals surface area contributed by atoms with Crippen LogP contribution >= 0.6 is 0 Å². The normalized spacial score (nSPS) is 10.5. The number of aromatic nitrogens is 3. The molecule has 0 bridgehead atoms. The van der Waals surface area contributed by atoms with E-state index >= 15 is 0 Å². The van der Waals surface area contributed by atoms with Crippen molar-refractivity contribution in [1.82, 2.24) is 15.2 Å². The Morgan fingerprint density at radius 3 is 2.72 bits per heavy atom. The molecule has 2 heterocycles. The van der Waals surface area contributed by atoms with Gasteiger partial charge in [0.2, 0.25) is 5.88 Å². The lowest BCUT2D eigenvalue weighted by atomic mass is 10.2. The van der Waals surface area contributed by atoms with Crippen LogP contribution in [0.4, 0.5) is 10.1 Å². The zero-order chi connectivity index (χ0) is 17.6. The molecule has 2 aromatic heterocycles. The van der Waals surface area contributed by atoms with Gasteiger partial charge in [-0.25, -0.2) is 9.37 Å². The lowest BCUT2D eigenvalue weighted by Crippen LogP contribution is -2.12. The minimum atomic E-state index is -0.334. The lowest BCUT2D eigenvalue weighted by Gasteiger charge is -2.06. The second kappa shape index (κ2) is 7.57. The molecule has 3 rings (SSSR count). The number of nitrogens with zero attached hydrogens (tertiary/aromatic N) is 2. The Hall–Kier alpha value is -3.22. The fourth-order valence-electron chi connectivity index (χ4n) is 2.21. The Morgan fingerprint density at radius 2 is 2.04 bits per heavy atom. The number of halogens is 1. The predicted molar refractivity (Wildman–Crippen MR) is 91.2 cm³/mol. The van der Waals surface area contributed by atoms with Gasteiger partial charge in [0.25, 0.3) is 5.91 Å². The van der Waals surface area contributed by atoms with Crippen molar-refractivity contribution in [1.29, 1.82) is 0 Å². The van der Waals surface area contributed by atoms with E-state index in [1.54, 1.807) is 18.2 Å². The number of nitrogens with one attached hydrogen (secondary N) is 2. The quantitative estimate of drug-likeness (QED) is 0.712. The first-order valence-electron chi connectivity index (χ1n) is 7.89. The summed E-state index contributed by atoms with van der Waals surface area (Å²) in [5.74, 6) is 0.173. The van der Waals surface area contributed by atoms with Crippen LogP contribution < -0.4 is 10.1 Å². The molecular weight excluding hydrogens is 323 g/mol. The molecule has 0 radical (unpaired) electrons. The van der Waals surface area contributed by atoms with Crippen molar-refractivity contribution >= 4 is 11.6 Å². The van der Waals surface area contributed by atoms with E-state index in [1.807, 2.05) is 0 Å². The summed E-state index contributed by atoms with van der Waals surface area (Å²) in [7, 11) is 0. The minimum absolute atomic E-state index is 0.312. The van der Waals surface area contributed by atoms with Crippen molar-refractivity contribution in [3.63, 3.8) is 0 Å². The molecule has 128 valence electrons. The first kappa shape index (κ1) is 16.6. The van der Waals surface area contributed by atoms with E-state index in [2.05, 4.69) is 27.4 Å². The molecule has 0 saturated carbocycles. The fraction of sp³-hybridized carbons (Fsp3) is 0.167. The summed E-state index contributed by atoms with van der Waals surface area (Å²) in [5, 5.41) is 9.56. The number of hydrogen-bond acceptors (Lipinski definition) is 4. The zero-order valence-corrected chi connectivity index (χ0v) is 13.6. The van der Waals surface area contributed by atoms with Crippen molar-refractivity contribution < 1.29 is 13.9 Å². The Morgan fingerprint density at radius 1 is 1.24 bits per heavy atom. The molecule has 0 aliphatic rings. The SMILES string of the molecule is CCCc1cc(C(=O)Nc2ccc(Oc3ccc(F)cc3)nc2)n[nH]1. The molecule has 7 heteroatoms. The number of aryl methyl sites for hydroxylation is 1. The summed E-state index contributed by atoms with van der Waals surface area (Å²) in [6.45, 7) is 2.06. The number of H-pyrrole nitrogens is 1. The highest BCUT2D eigenvalue weighted by Gasteiger charge is 2.11. The third kappa shape index (κ3) is 4.41. The number of ether oxygens (including phenoxy) is 1. The highest BCUT2D eigenvalue weighted by molar-refractivity contribution is 6.02. The van der Waals surface area contributed by atoms with E-state index < -0.39 is 0 Å². The second-order valence-corrected chi connectivity index (χ2v) is 5.42. The van der Waals surface area contributed by atoms with Crippen LogP contribution in [0.15, 0.2) is 48.7 Å². The molecule has 0 aliphatic carbocycles. The molecule has 0 aliphatic heterocycles. The molecule has 0 spiro atoms.